The van der Waals surface area contributed by atoms with Gasteiger partial charge in [-0.05, 0) is 35.6 Å². The van der Waals surface area contributed by atoms with Gasteiger partial charge in [-0.3, -0.25) is 0 Å². The van der Waals surface area contributed by atoms with Crippen molar-refractivity contribution in [3.05, 3.63) is 35.4 Å². The lowest BCUT2D eigenvalue weighted by Crippen LogP contribution is -2.16. The first kappa shape index (κ1) is 13.8. The highest BCUT2D eigenvalue weighted by Gasteiger charge is 2.24. The first-order valence-electron chi connectivity index (χ1n) is 5.82. The molecule has 1 heterocycles. The molecule has 1 atom stereocenters. The molecule has 1 aliphatic rings. The summed E-state index contributed by atoms with van der Waals surface area (Å²) in [4.78, 5) is 11.3. The third-order valence-corrected chi connectivity index (χ3v) is 5.82. The van der Waals surface area contributed by atoms with E-state index in [1.165, 1.54) is 13.5 Å². The van der Waals surface area contributed by atoms with Crippen LogP contribution in [0.5, 0.6) is 0 Å². The number of carbonyl (C=O) groups excluding carboxylic acids is 1. The second kappa shape index (κ2) is 6.50. The zero-order valence-corrected chi connectivity index (χ0v) is 11.8. The molecule has 2 rings (SSSR count). The lowest BCUT2D eigenvalue weighted by atomic mass is 10.1. The number of carbonyl (C=O) groups is 1. The van der Waals surface area contributed by atoms with E-state index in [1.54, 1.807) is 47.8 Å². The Morgan fingerprint density at radius 3 is 2.50 bits per heavy atom. The molecule has 0 spiro atoms. The molecule has 1 unspecified atom stereocenters. The summed E-state index contributed by atoms with van der Waals surface area (Å²) in [5, 5.41) is 10.3. The first-order chi connectivity index (χ1) is 8.72. The number of aliphatic hydroxyl groups is 1. The zero-order valence-electron chi connectivity index (χ0n) is 10.2. The summed E-state index contributed by atoms with van der Waals surface area (Å²) in [6, 6.07) is 6.99. The number of hydrogen-bond acceptors (Lipinski definition) is 5. The van der Waals surface area contributed by atoms with Gasteiger partial charge in [-0.25, -0.2) is 4.79 Å². The van der Waals surface area contributed by atoms with Gasteiger partial charge in [0.2, 0.25) is 0 Å². The fourth-order valence-corrected chi connectivity index (χ4v) is 4.69. The fourth-order valence-electron chi connectivity index (χ4n) is 1.78. The molecular formula is C13H16O3S2. The minimum absolute atomic E-state index is 0.197. The minimum atomic E-state index is -0.480. The van der Waals surface area contributed by atoms with Crippen LogP contribution in [0.25, 0.3) is 0 Å². The van der Waals surface area contributed by atoms with Crippen LogP contribution in [0.15, 0.2) is 24.3 Å². The van der Waals surface area contributed by atoms with E-state index in [-0.39, 0.29) is 10.6 Å². The predicted octanol–water partition coefficient (Wildman–Crippen LogP) is 2.70. The Balaban J connectivity index is 2.06. The van der Waals surface area contributed by atoms with Gasteiger partial charge in [-0.15, -0.1) is 23.5 Å². The van der Waals surface area contributed by atoms with Crippen molar-refractivity contribution in [3.63, 3.8) is 0 Å². The van der Waals surface area contributed by atoms with Gasteiger partial charge in [-0.1, -0.05) is 12.1 Å². The van der Waals surface area contributed by atoms with Crippen LogP contribution in [0.3, 0.4) is 0 Å². The molecule has 0 saturated carbocycles. The van der Waals surface area contributed by atoms with E-state index >= 15 is 0 Å². The molecule has 0 aromatic heterocycles. The molecule has 3 nitrogen and oxygen atoms in total. The van der Waals surface area contributed by atoms with Crippen molar-refractivity contribution in [2.45, 2.75) is 17.1 Å². The number of esters is 1. The first-order valence-corrected chi connectivity index (χ1v) is 7.91. The third kappa shape index (κ3) is 3.22. The van der Waals surface area contributed by atoms with Gasteiger partial charge in [0.15, 0.2) is 0 Å². The summed E-state index contributed by atoms with van der Waals surface area (Å²) in [5.41, 5.74) is 1.37. The number of benzene rings is 1. The van der Waals surface area contributed by atoms with E-state index in [0.29, 0.717) is 5.56 Å². The molecular weight excluding hydrogens is 268 g/mol. The van der Waals surface area contributed by atoms with E-state index in [9.17, 15) is 9.90 Å². The van der Waals surface area contributed by atoms with E-state index in [4.69, 9.17) is 0 Å². The van der Waals surface area contributed by atoms with Crippen molar-refractivity contribution < 1.29 is 14.6 Å². The molecule has 0 amide bonds. The highest BCUT2D eigenvalue weighted by molar-refractivity contribution is 8.17. The van der Waals surface area contributed by atoms with E-state index < -0.39 is 6.10 Å². The highest BCUT2D eigenvalue weighted by Crippen LogP contribution is 2.39. The second-order valence-electron chi connectivity index (χ2n) is 4.02. The minimum Gasteiger partial charge on any atom is -0.465 e. The summed E-state index contributed by atoms with van der Waals surface area (Å²) in [5.74, 6) is 1.86. The Kier molecular flexibility index (Phi) is 4.97. The molecule has 0 radical (unpaired) electrons. The zero-order chi connectivity index (χ0) is 13.0. The Labute approximate surface area is 115 Å². The van der Waals surface area contributed by atoms with Gasteiger partial charge in [-0.2, -0.15) is 0 Å². The molecule has 1 aromatic carbocycles. The van der Waals surface area contributed by atoms with E-state index in [2.05, 4.69) is 4.74 Å². The number of aliphatic hydroxyl groups excluding tert-OH is 1. The van der Waals surface area contributed by atoms with Crippen LogP contribution >= 0.6 is 23.5 Å². The molecule has 0 aliphatic carbocycles. The number of thioether (sulfide) groups is 2. The number of hydrogen-bond donors (Lipinski definition) is 1. The average molecular weight is 284 g/mol. The molecule has 1 aromatic rings. The van der Waals surface area contributed by atoms with Crippen molar-refractivity contribution in [2.75, 3.05) is 18.6 Å². The number of ether oxygens (including phenoxy) is 1. The SMILES string of the molecule is COC(=O)c1ccc(C(O)C2SCCCS2)cc1. The molecule has 18 heavy (non-hydrogen) atoms. The summed E-state index contributed by atoms with van der Waals surface area (Å²) >= 11 is 3.60. The van der Waals surface area contributed by atoms with Crippen molar-refractivity contribution in [1.82, 2.24) is 0 Å². The Hall–Kier alpha value is -0.650. The smallest absolute Gasteiger partial charge is 0.337 e. The average Bonchev–Trinajstić information content (AvgIpc) is 2.47. The summed E-state index contributed by atoms with van der Waals surface area (Å²) in [6.07, 6.45) is 0.729. The maximum absolute atomic E-state index is 11.3. The van der Waals surface area contributed by atoms with Gasteiger partial charge in [0.25, 0.3) is 0 Å². The van der Waals surface area contributed by atoms with Crippen molar-refractivity contribution in [1.29, 1.82) is 0 Å². The Bertz CT molecular complexity index is 399. The van der Waals surface area contributed by atoms with Crippen LogP contribution < -0.4 is 0 Å². The third-order valence-electron chi connectivity index (χ3n) is 2.78. The van der Waals surface area contributed by atoms with Crippen molar-refractivity contribution in [3.8, 4) is 0 Å². The van der Waals surface area contributed by atoms with Gasteiger partial charge < -0.3 is 9.84 Å². The van der Waals surface area contributed by atoms with Crippen LogP contribution in [0.2, 0.25) is 0 Å². The van der Waals surface area contributed by atoms with Gasteiger partial charge in [0.05, 0.1) is 23.4 Å². The van der Waals surface area contributed by atoms with Gasteiger partial charge >= 0.3 is 5.97 Å². The van der Waals surface area contributed by atoms with Crippen LogP contribution in [-0.4, -0.2) is 34.3 Å². The molecule has 1 aliphatic heterocycles. The standard InChI is InChI=1S/C13H16O3S2/c1-16-12(15)10-5-3-9(4-6-10)11(14)13-17-7-2-8-18-13/h3-6,11,13-14H,2,7-8H2,1H3. The molecule has 0 bridgehead atoms. The van der Waals surface area contributed by atoms with Crippen molar-refractivity contribution >= 4 is 29.5 Å². The monoisotopic (exact) mass is 284 g/mol. The molecule has 1 saturated heterocycles. The normalized spacial score (nSPS) is 18.3. The highest BCUT2D eigenvalue weighted by atomic mass is 32.2. The maximum Gasteiger partial charge on any atom is 0.337 e. The summed E-state index contributed by atoms with van der Waals surface area (Å²) in [7, 11) is 1.36. The number of methoxy groups -OCH3 is 1. The fraction of sp³-hybridized carbons (Fsp3) is 0.462. The maximum atomic E-state index is 11.3. The lowest BCUT2D eigenvalue weighted by Gasteiger charge is -2.25. The summed E-state index contributed by atoms with van der Waals surface area (Å²) in [6.45, 7) is 0. The number of rotatable bonds is 3. The van der Waals surface area contributed by atoms with Gasteiger partial charge in [0.1, 0.15) is 0 Å². The van der Waals surface area contributed by atoms with Crippen LogP contribution in [0.4, 0.5) is 0 Å². The van der Waals surface area contributed by atoms with Crippen LogP contribution in [0, 0.1) is 0 Å². The Morgan fingerprint density at radius 1 is 1.33 bits per heavy atom. The summed E-state index contributed by atoms with van der Waals surface area (Å²) < 4.78 is 4.84. The predicted molar refractivity (Wildman–Crippen MR) is 76.1 cm³/mol. The van der Waals surface area contributed by atoms with Gasteiger partial charge in [0, 0.05) is 0 Å². The topological polar surface area (TPSA) is 46.5 Å². The van der Waals surface area contributed by atoms with E-state index in [1.807, 2.05) is 0 Å². The van der Waals surface area contributed by atoms with Crippen LogP contribution in [-0.2, 0) is 4.74 Å². The molecule has 1 fully saturated rings. The van der Waals surface area contributed by atoms with E-state index in [0.717, 1.165) is 17.1 Å². The Morgan fingerprint density at radius 2 is 1.94 bits per heavy atom. The molecule has 98 valence electrons. The molecule has 1 N–H and O–H groups in total. The molecule has 5 heteroatoms. The van der Waals surface area contributed by atoms with Crippen molar-refractivity contribution in [2.24, 2.45) is 0 Å². The largest absolute Gasteiger partial charge is 0.465 e. The van der Waals surface area contributed by atoms with Crippen LogP contribution in [0.1, 0.15) is 28.4 Å². The quantitative estimate of drug-likeness (QED) is 0.865. The lowest BCUT2D eigenvalue weighted by molar-refractivity contribution is 0.0600. The second-order valence-corrected chi connectivity index (χ2v) is 6.82.